The van der Waals surface area contributed by atoms with Crippen LogP contribution in [0, 0.1) is 5.41 Å². The number of para-hydroxylation sites is 1. The zero-order chi connectivity index (χ0) is 14.7. The molecular formula is C19H26N2. The van der Waals surface area contributed by atoms with Crippen molar-refractivity contribution in [1.82, 2.24) is 10.3 Å². The van der Waals surface area contributed by atoms with Crippen LogP contribution in [-0.4, -0.2) is 17.6 Å². The minimum Gasteiger partial charge on any atom is -0.313 e. The highest BCUT2D eigenvalue weighted by atomic mass is 14.9. The van der Waals surface area contributed by atoms with Crippen molar-refractivity contribution in [3.8, 4) is 0 Å². The minimum atomic E-state index is 0.434. The van der Waals surface area contributed by atoms with Gasteiger partial charge in [0.1, 0.15) is 0 Å². The van der Waals surface area contributed by atoms with Gasteiger partial charge in [-0.3, -0.25) is 4.98 Å². The second-order valence-corrected chi connectivity index (χ2v) is 6.67. The molecule has 112 valence electrons. The lowest BCUT2D eigenvalue weighted by Crippen LogP contribution is -2.43. The average Bonchev–Trinajstić information content (AvgIpc) is 2.95. The Morgan fingerprint density at radius 2 is 1.90 bits per heavy atom. The molecule has 1 heterocycles. The third-order valence-electron chi connectivity index (χ3n) is 5.11. The normalized spacial score (nSPS) is 19.0. The van der Waals surface area contributed by atoms with Crippen LogP contribution in [0.15, 0.2) is 36.4 Å². The summed E-state index contributed by atoms with van der Waals surface area (Å²) in [7, 11) is 0. The van der Waals surface area contributed by atoms with Crippen LogP contribution >= 0.6 is 0 Å². The third kappa shape index (κ3) is 3.11. The number of aromatic nitrogens is 1. The molecule has 3 rings (SSSR count). The second kappa shape index (κ2) is 6.15. The first-order valence-electron chi connectivity index (χ1n) is 8.29. The van der Waals surface area contributed by atoms with Crippen molar-refractivity contribution in [2.24, 2.45) is 5.41 Å². The Kier molecular flexibility index (Phi) is 4.25. The zero-order valence-electron chi connectivity index (χ0n) is 13.2. The topological polar surface area (TPSA) is 24.9 Å². The summed E-state index contributed by atoms with van der Waals surface area (Å²) in [6.45, 7) is 5.70. The summed E-state index contributed by atoms with van der Waals surface area (Å²) >= 11 is 0. The fourth-order valence-corrected chi connectivity index (χ4v) is 3.77. The van der Waals surface area contributed by atoms with Gasteiger partial charge in [0, 0.05) is 23.5 Å². The quantitative estimate of drug-likeness (QED) is 0.882. The lowest BCUT2D eigenvalue weighted by molar-refractivity contribution is 0.221. The van der Waals surface area contributed by atoms with Gasteiger partial charge in [0.15, 0.2) is 0 Å². The number of hydrogen-bond acceptors (Lipinski definition) is 2. The number of benzene rings is 1. The van der Waals surface area contributed by atoms with Crippen LogP contribution in [0.1, 0.15) is 45.2 Å². The number of nitrogens with one attached hydrogen (secondary N) is 1. The average molecular weight is 282 g/mol. The van der Waals surface area contributed by atoms with Gasteiger partial charge in [0.25, 0.3) is 0 Å². The number of likely N-dealkylation sites (N-methyl/N-ethyl adjacent to an activating group) is 1. The fraction of sp³-hybridized carbons (Fsp3) is 0.526. The summed E-state index contributed by atoms with van der Waals surface area (Å²) < 4.78 is 0. The van der Waals surface area contributed by atoms with Gasteiger partial charge in [0.2, 0.25) is 0 Å². The highest BCUT2D eigenvalue weighted by molar-refractivity contribution is 5.78. The molecule has 0 spiro atoms. The molecule has 2 heteroatoms. The van der Waals surface area contributed by atoms with Crippen molar-refractivity contribution in [3.05, 3.63) is 42.1 Å². The van der Waals surface area contributed by atoms with Gasteiger partial charge in [-0.05, 0) is 36.9 Å². The van der Waals surface area contributed by atoms with E-state index in [1.165, 1.54) is 36.8 Å². The van der Waals surface area contributed by atoms with E-state index in [-0.39, 0.29) is 0 Å². The molecule has 1 aromatic heterocycles. The van der Waals surface area contributed by atoms with E-state index >= 15 is 0 Å². The molecule has 21 heavy (non-hydrogen) atoms. The summed E-state index contributed by atoms with van der Waals surface area (Å²) in [5, 5.41) is 4.95. The van der Waals surface area contributed by atoms with Gasteiger partial charge in [-0.1, -0.05) is 51.0 Å². The Balaban J connectivity index is 1.83. The summed E-state index contributed by atoms with van der Waals surface area (Å²) in [6, 6.07) is 13.3. The first kappa shape index (κ1) is 14.5. The standard InChI is InChI=1S/C19H26N2/c1-3-20-18(19(2)12-6-7-13-19)14-16-11-10-15-8-4-5-9-17(15)21-16/h4-5,8-11,18,20H,3,6-7,12-14H2,1-2H3. The van der Waals surface area contributed by atoms with Crippen LogP contribution < -0.4 is 5.32 Å². The first-order chi connectivity index (χ1) is 10.2. The predicted octanol–water partition coefficient (Wildman–Crippen LogP) is 4.34. The van der Waals surface area contributed by atoms with E-state index in [1.807, 2.05) is 0 Å². The van der Waals surface area contributed by atoms with Gasteiger partial charge < -0.3 is 5.32 Å². The number of pyridine rings is 1. The molecule has 1 aromatic carbocycles. The molecule has 0 aliphatic heterocycles. The summed E-state index contributed by atoms with van der Waals surface area (Å²) in [5.74, 6) is 0. The third-order valence-corrected chi connectivity index (χ3v) is 5.11. The molecule has 0 saturated heterocycles. The van der Waals surface area contributed by atoms with E-state index in [9.17, 15) is 0 Å². The highest BCUT2D eigenvalue weighted by Crippen LogP contribution is 2.41. The van der Waals surface area contributed by atoms with Gasteiger partial charge in [-0.25, -0.2) is 0 Å². The van der Waals surface area contributed by atoms with E-state index in [1.54, 1.807) is 0 Å². The van der Waals surface area contributed by atoms with E-state index in [4.69, 9.17) is 4.98 Å². The first-order valence-corrected chi connectivity index (χ1v) is 8.29. The van der Waals surface area contributed by atoms with E-state index in [0.29, 0.717) is 11.5 Å². The molecule has 1 aliphatic carbocycles. The van der Waals surface area contributed by atoms with E-state index < -0.39 is 0 Å². The van der Waals surface area contributed by atoms with Gasteiger partial charge >= 0.3 is 0 Å². The molecule has 0 amide bonds. The maximum Gasteiger partial charge on any atom is 0.0705 e. The second-order valence-electron chi connectivity index (χ2n) is 6.67. The Morgan fingerprint density at radius 3 is 2.67 bits per heavy atom. The molecule has 1 aliphatic rings. The Bertz CT molecular complexity index is 599. The lowest BCUT2D eigenvalue weighted by Gasteiger charge is -2.34. The minimum absolute atomic E-state index is 0.434. The Morgan fingerprint density at radius 1 is 1.14 bits per heavy atom. The molecular weight excluding hydrogens is 256 g/mol. The summed E-state index contributed by atoms with van der Waals surface area (Å²) in [4.78, 5) is 4.86. The van der Waals surface area contributed by atoms with Crippen molar-refractivity contribution < 1.29 is 0 Å². The molecule has 0 radical (unpaired) electrons. The molecule has 2 nitrogen and oxygen atoms in total. The van der Waals surface area contributed by atoms with E-state index in [0.717, 1.165) is 18.5 Å². The predicted molar refractivity (Wildman–Crippen MR) is 89.5 cm³/mol. The summed E-state index contributed by atoms with van der Waals surface area (Å²) in [6.07, 6.45) is 6.48. The molecule has 1 unspecified atom stereocenters. The van der Waals surface area contributed by atoms with Gasteiger partial charge in [-0.15, -0.1) is 0 Å². The molecule has 1 N–H and O–H groups in total. The number of rotatable bonds is 5. The summed E-state index contributed by atoms with van der Waals surface area (Å²) in [5.41, 5.74) is 2.76. The molecule has 1 saturated carbocycles. The van der Waals surface area contributed by atoms with Crippen LogP contribution in [0.25, 0.3) is 10.9 Å². The monoisotopic (exact) mass is 282 g/mol. The molecule has 0 bridgehead atoms. The maximum absolute atomic E-state index is 4.86. The van der Waals surface area contributed by atoms with Crippen LogP contribution in [0.3, 0.4) is 0 Å². The van der Waals surface area contributed by atoms with Crippen molar-refractivity contribution >= 4 is 10.9 Å². The molecule has 2 aromatic rings. The van der Waals surface area contributed by atoms with Gasteiger partial charge in [0.05, 0.1) is 5.52 Å². The van der Waals surface area contributed by atoms with Crippen LogP contribution in [-0.2, 0) is 6.42 Å². The van der Waals surface area contributed by atoms with Crippen molar-refractivity contribution in [2.75, 3.05) is 6.54 Å². The largest absolute Gasteiger partial charge is 0.313 e. The van der Waals surface area contributed by atoms with Crippen LogP contribution in [0.5, 0.6) is 0 Å². The maximum atomic E-state index is 4.86. The lowest BCUT2D eigenvalue weighted by atomic mass is 9.78. The number of fused-ring (bicyclic) bond motifs is 1. The Hall–Kier alpha value is -1.41. The van der Waals surface area contributed by atoms with Crippen LogP contribution in [0.2, 0.25) is 0 Å². The Labute approximate surface area is 128 Å². The SMILES string of the molecule is CCNC(Cc1ccc2ccccc2n1)C1(C)CCCC1. The van der Waals surface area contributed by atoms with Crippen molar-refractivity contribution in [2.45, 2.75) is 52.0 Å². The smallest absolute Gasteiger partial charge is 0.0705 e. The van der Waals surface area contributed by atoms with Crippen molar-refractivity contribution in [1.29, 1.82) is 0 Å². The van der Waals surface area contributed by atoms with Crippen LogP contribution in [0.4, 0.5) is 0 Å². The van der Waals surface area contributed by atoms with E-state index in [2.05, 4.69) is 55.6 Å². The van der Waals surface area contributed by atoms with Crippen molar-refractivity contribution in [3.63, 3.8) is 0 Å². The molecule has 1 fully saturated rings. The highest BCUT2D eigenvalue weighted by Gasteiger charge is 2.36. The van der Waals surface area contributed by atoms with Gasteiger partial charge in [-0.2, -0.15) is 0 Å². The fourth-order valence-electron chi connectivity index (χ4n) is 3.77. The number of nitrogens with zero attached hydrogens (tertiary/aromatic N) is 1. The molecule has 1 atom stereocenters. The number of hydrogen-bond donors (Lipinski definition) is 1. The zero-order valence-corrected chi connectivity index (χ0v) is 13.2.